The number of guanidine groups is 1. The van der Waals surface area contributed by atoms with Crippen molar-refractivity contribution in [3.8, 4) is 0 Å². The summed E-state index contributed by atoms with van der Waals surface area (Å²) in [5, 5.41) is 9.78. The van der Waals surface area contributed by atoms with Crippen molar-refractivity contribution < 1.29 is 4.39 Å². The van der Waals surface area contributed by atoms with Crippen LogP contribution in [0.25, 0.3) is 0 Å². The Bertz CT molecular complexity index is 634. The number of rotatable bonds is 6. The van der Waals surface area contributed by atoms with Crippen molar-refractivity contribution in [2.24, 2.45) is 4.99 Å². The number of aromatic nitrogens is 1. The fraction of sp³-hybridized carbons (Fsp3) is 0.412. The monoisotopic (exact) mass is 334 g/mol. The van der Waals surface area contributed by atoms with Crippen LogP contribution in [0.3, 0.4) is 0 Å². The molecule has 1 heterocycles. The highest BCUT2D eigenvalue weighted by Gasteiger charge is 2.06. The lowest BCUT2D eigenvalue weighted by Gasteiger charge is -2.11. The summed E-state index contributed by atoms with van der Waals surface area (Å²) in [6.45, 7) is 5.68. The molecule has 0 bridgehead atoms. The lowest BCUT2D eigenvalue weighted by molar-refractivity contribution is 0.626. The molecule has 0 aliphatic rings. The van der Waals surface area contributed by atoms with E-state index in [0.717, 1.165) is 30.2 Å². The second-order valence-electron chi connectivity index (χ2n) is 5.56. The number of nitrogens with one attached hydrogen (secondary N) is 2. The minimum absolute atomic E-state index is 0.222. The smallest absolute Gasteiger partial charge is 0.191 e. The number of nitrogens with zero attached hydrogens (tertiary/aromatic N) is 2. The van der Waals surface area contributed by atoms with Crippen molar-refractivity contribution in [1.82, 2.24) is 15.6 Å². The number of thiazole rings is 1. The fourth-order valence-electron chi connectivity index (χ4n) is 2.02. The molecule has 0 aliphatic carbocycles. The van der Waals surface area contributed by atoms with Crippen molar-refractivity contribution in [3.63, 3.8) is 0 Å². The van der Waals surface area contributed by atoms with Crippen LogP contribution < -0.4 is 10.6 Å². The van der Waals surface area contributed by atoms with E-state index in [1.54, 1.807) is 30.5 Å². The van der Waals surface area contributed by atoms with Crippen LogP contribution >= 0.6 is 11.3 Å². The Hall–Kier alpha value is -1.95. The van der Waals surface area contributed by atoms with E-state index >= 15 is 0 Å². The van der Waals surface area contributed by atoms with Crippen LogP contribution in [-0.4, -0.2) is 24.5 Å². The van der Waals surface area contributed by atoms with E-state index in [0.29, 0.717) is 12.5 Å². The summed E-state index contributed by atoms with van der Waals surface area (Å²) >= 11 is 1.72. The molecule has 0 unspecified atom stereocenters. The Labute approximate surface area is 140 Å². The van der Waals surface area contributed by atoms with Gasteiger partial charge in [-0.1, -0.05) is 26.0 Å². The maximum absolute atomic E-state index is 12.9. The summed E-state index contributed by atoms with van der Waals surface area (Å²) < 4.78 is 12.9. The van der Waals surface area contributed by atoms with Gasteiger partial charge in [0.2, 0.25) is 0 Å². The third-order valence-electron chi connectivity index (χ3n) is 3.33. The predicted molar refractivity (Wildman–Crippen MR) is 94.5 cm³/mol. The minimum Gasteiger partial charge on any atom is -0.356 e. The first-order chi connectivity index (χ1) is 11.1. The maximum Gasteiger partial charge on any atom is 0.191 e. The van der Waals surface area contributed by atoms with Crippen LogP contribution in [-0.2, 0) is 13.0 Å². The third kappa shape index (κ3) is 5.63. The molecule has 0 spiro atoms. The fourth-order valence-corrected chi connectivity index (χ4v) is 2.89. The second-order valence-corrected chi connectivity index (χ2v) is 6.45. The quantitative estimate of drug-likeness (QED) is 0.629. The zero-order valence-electron chi connectivity index (χ0n) is 13.8. The normalized spacial score (nSPS) is 11.8. The van der Waals surface area contributed by atoms with Gasteiger partial charge in [-0.25, -0.2) is 9.37 Å². The van der Waals surface area contributed by atoms with Crippen LogP contribution in [0.5, 0.6) is 0 Å². The van der Waals surface area contributed by atoms with E-state index in [-0.39, 0.29) is 5.82 Å². The van der Waals surface area contributed by atoms with Gasteiger partial charge in [0.25, 0.3) is 0 Å². The third-order valence-corrected chi connectivity index (χ3v) is 4.53. The Morgan fingerprint density at radius 2 is 2.00 bits per heavy atom. The van der Waals surface area contributed by atoms with Gasteiger partial charge in [0.15, 0.2) is 5.96 Å². The highest BCUT2D eigenvalue weighted by molar-refractivity contribution is 7.09. The van der Waals surface area contributed by atoms with Crippen molar-refractivity contribution in [2.45, 2.75) is 32.7 Å². The maximum atomic E-state index is 12.9. The van der Waals surface area contributed by atoms with Gasteiger partial charge in [0.05, 0.1) is 10.7 Å². The summed E-state index contributed by atoms with van der Waals surface area (Å²) in [5.74, 6) is 0.987. The summed E-state index contributed by atoms with van der Waals surface area (Å²) in [7, 11) is 1.74. The average molecular weight is 334 g/mol. The standard InChI is InChI=1S/C17H23FN4S/c1-12(2)16-22-15(11-23-16)8-9-20-17(19-3)21-10-13-4-6-14(18)7-5-13/h4-7,11-12H,8-10H2,1-3H3,(H2,19,20,21). The number of benzene rings is 1. The lowest BCUT2D eigenvalue weighted by atomic mass is 10.2. The molecule has 6 heteroatoms. The second kappa shape index (κ2) is 8.62. The van der Waals surface area contributed by atoms with Gasteiger partial charge in [-0.2, -0.15) is 0 Å². The molecule has 2 aromatic rings. The first kappa shape index (κ1) is 17.4. The van der Waals surface area contributed by atoms with Gasteiger partial charge in [0, 0.05) is 37.9 Å². The van der Waals surface area contributed by atoms with E-state index in [9.17, 15) is 4.39 Å². The van der Waals surface area contributed by atoms with Crippen molar-refractivity contribution >= 4 is 17.3 Å². The molecule has 2 N–H and O–H groups in total. The lowest BCUT2D eigenvalue weighted by Crippen LogP contribution is -2.37. The molecule has 4 nitrogen and oxygen atoms in total. The molecule has 1 aromatic carbocycles. The highest BCUT2D eigenvalue weighted by atomic mass is 32.1. The molecule has 124 valence electrons. The molecule has 0 atom stereocenters. The van der Waals surface area contributed by atoms with E-state index in [4.69, 9.17) is 0 Å². The predicted octanol–water partition coefficient (Wildman–Crippen LogP) is 3.31. The van der Waals surface area contributed by atoms with Crippen molar-refractivity contribution in [3.05, 3.63) is 51.7 Å². The molecule has 0 aliphatic heterocycles. The number of halogens is 1. The molecule has 0 amide bonds. The van der Waals surface area contributed by atoms with E-state index < -0.39 is 0 Å². The first-order valence-corrected chi connectivity index (χ1v) is 8.59. The Kier molecular flexibility index (Phi) is 6.52. The summed E-state index contributed by atoms with van der Waals surface area (Å²) in [4.78, 5) is 8.80. The SMILES string of the molecule is CN=C(NCCc1csc(C(C)C)n1)NCc1ccc(F)cc1. The molecular formula is C17H23FN4S. The zero-order chi connectivity index (χ0) is 16.7. The van der Waals surface area contributed by atoms with Crippen LogP contribution in [0, 0.1) is 5.82 Å². The number of hydrogen-bond acceptors (Lipinski definition) is 3. The Morgan fingerprint density at radius 1 is 1.26 bits per heavy atom. The van der Waals surface area contributed by atoms with E-state index in [2.05, 4.69) is 39.8 Å². The summed E-state index contributed by atoms with van der Waals surface area (Å²) in [6, 6.07) is 6.44. The molecule has 2 rings (SSSR count). The number of aliphatic imine (C=N–C) groups is 1. The summed E-state index contributed by atoms with van der Waals surface area (Å²) in [6.07, 6.45) is 0.862. The highest BCUT2D eigenvalue weighted by Crippen LogP contribution is 2.19. The minimum atomic E-state index is -0.222. The van der Waals surface area contributed by atoms with Gasteiger partial charge >= 0.3 is 0 Å². The largest absolute Gasteiger partial charge is 0.356 e. The molecule has 0 fully saturated rings. The van der Waals surface area contributed by atoms with Crippen LogP contribution in [0.4, 0.5) is 4.39 Å². The van der Waals surface area contributed by atoms with Crippen molar-refractivity contribution in [1.29, 1.82) is 0 Å². The van der Waals surface area contributed by atoms with E-state index in [1.165, 1.54) is 17.1 Å². The first-order valence-electron chi connectivity index (χ1n) is 7.71. The molecular weight excluding hydrogens is 311 g/mol. The average Bonchev–Trinajstić information content (AvgIpc) is 3.01. The molecule has 1 aromatic heterocycles. The van der Waals surface area contributed by atoms with Crippen LogP contribution in [0.2, 0.25) is 0 Å². The molecule has 0 saturated carbocycles. The number of hydrogen-bond donors (Lipinski definition) is 2. The van der Waals surface area contributed by atoms with Crippen LogP contribution in [0.1, 0.15) is 36.0 Å². The Morgan fingerprint density at radius 3 is 2.61 bits per heavy atom. The molecule has 23 heavy (non-hydrogen) atoms. The Balaban J connectivity index is 1.75. The molecule has 0 saturated heterocycles. The van der Waals surface area contributed by atoms with Gasteiger partial charge in [-0.3, -0.25) is 4.99 Å². The zero-order valence-corrected chi connectivity index (χ0v) is 14.6. The summed E-state index contributed by atoms with van der Waals surface area (Å²) in [5.41, 5.74) is 2.12. The molecule has 0 radical (unpaired) electrons. The van der Waals surface area contributed by atoms with Crippen molar-refractivity contribution in [2.75, 3.05) is 13.6 Å². The topological polar surface area (TPSA) is 49.3 Å². The van der Waals surface area contributed by atoms with Gasteiger partial charge in [0.1, 0.15) is 5.82 Å². The van der Waals surface area contributed by atoms with Gasteiger partial charge in [-0.15, -0.1) is 11.3 Å². The van der Waals surface area contributed by atoms with Gasteiger partial charge < -0.3 is 10.6 Å². The van der Waals surface area contributed by atoms with E-state index in [1.807, 2.05) is 0 Å². The van der Waals surface area contributed by atoms with Crippen LogP contribution in [0.15, 0.2) is 34.6 Å². The van der Waals surface area contributed by atoms with Gasteiger partial charge in [-0.05, 0) is 17.7 Å².